The number of allylic oxidation sites excluding steroid dienone is 4. The van der Waals surface area contributed by atoms with Crippen LogP contribution < -0.4 is 4.43 Å². The number of aliphatic hydroxyl groups is 1. The molecule has 6 nitrogen and oxygen atoms in total. The lowest BCUT2D eigenvalue weighted by molar-refractivity contribution is 0.176. The first-order valence-electron chi connectivity index (χ1n) is 13.9. The van der Waals surface area contributed by atoms with Gasteiger partial charge in [-0.05, 0) is 67.8 Å². The molecule has 8 heteroatoms. The van der Waals surface area contributed by atoms with E-state index in [1.54, 1.807) is 34.1 Å². The van der Waals surface area contributed by atoms with E-state index < -0.39 is 17.4 Å². The number of aliphatic hydroxyl groups excluding tert-OH is 1. The summed E-state index contributed by atoms with van der Waals surface area (Å²) in [5.41, 5.74) is 3.04. The summed E-state index contributed by atoms with van der Waals surface area (Å²) in [6, 6.07) is 8.15. The quantitative estimate of drug-likeness (QED) is 0.0921. The molecule has 1 aromatic carbocycles. The van der Waals surface area contributed by atoms with Crippen molar-refractivity contribution in [3.8, 4) is 5.75 Å². The van der Waals surface area contributed by atoms with Crippen molar-refractivity contribution in [1.82, 2.24) is 0 Å². The lowest BCUT2D eigenvalue weighted by Crippen LogP contribution is -2.50. The van der Waals surface area contributed by atoms with E-state index in [1.807, 2.05) is 12.1 Å². The van der Waals surface area contributed by atoms with Crippen LogP contribution in [-0.2, 0) is 24.1 Å². The van der Waals surface area contributed by atoms with Gasteiger partial charge in [-0.3, -0.25) is 0 Å². The van der Waals surface area contributed by atoms with Gasteiger partial charge in [-0.1, -0.05) is 76.1 Å². The van der Waals surface area contributed by atoms with Gasteiger partial charge < -0.3 is 27.2 Å². The summed E-state index contributed by atoms with van der Waals surface area (Å²) in [6.07, 6.45) is 19.0. The molecule has 2 atom stereocenters. The lowest BCUT2D eigenvalue weighted by atomic mass is 9.99. The molecule has 0 aromatic heterocycles. The van der Waals surface area contributed by atoms with E-state index in [1.165, 1.54) is 24.8 Å². The fourth-order valence-electron chi connectivity index (χ4n) is 4.56. The van der Waals surface area contributed by atoms with Crippen molar-refractivity contribution in [3.05, 3.63) is 66.4 Å². The van der Waals surface area contributed by atoms with Crippen molar-refractivity contribution in [1.29, 1.82) is 0 Å². The maximum atomic E-state index is 10.0. The minimum atomic E-state index is -2.85. The van der Waals surface area contributed by atoms with Crippen LogP contribution in [0, 0.1) is 5.92 Å². The van der Waals surface area contributed by atoms with Crippen molar-refractivity contribution in [2.45, 2.75) is 77.2 Å². The molecule has 0 saturated carbocycles. The first kappa shape index (κ1) is 34.5. The lowest BCUT2D eigenvalue weighted by Gasteiger charge is -2.35. The fourth-order valence-corrected chi connectivity index (χ4v) is 8.12. The summed E-state index contributed by atoms with van der Waals surface area (Å²) in [4.78, 5) is 0. The van der Waals surface area contributed by atoms with Crippen LogP contribution in [0.1, 0.15) is 70.8 Å². The summed E-state index contributed by atoms with van der Waals surface area (Å²) >= 11 is 0. The number of benzene rings is 1. The number of hydrogen-bond acceptors (Lipinski definition) is 6. The first-order chi connectivity index (χ1) is 18.4. The van der Waals surface area contributed by atoms with Crippen molar-refractivity contribution in [2.75, 3.05) is 34.7 Å². The minimum Gasteiger partial charge on any atom is -0.498 e. The highest BCUT2D eigenvalue weighted by Crippen LogP contribution is 2.34. The molecular formula is C30H52O6Si2. The summed E-state index contributed by atoms with van der Waals surface area (Å²) in [6.45, 7) is 8.15. The predicted molar refractivity (Wildman–Crippen MR) is 161 cm³/mol. The molecule has 2 unspecified atom stereocenters. The van der Waals surface area contributed by atoms with Gasteiger partial charge in [0.05, 0.1) is 6.23 Å². The molecule has 0 radical (unpaired) electrons. The van der Waals surface area contributed by atoms with E-state index in [0.717, 1.165) is 44.3 Å². The molecule has 0 spiro atoms. The first-order valence-corrected chi connectivity index (χ1v) is 17.8. The predicted octanol–water partition coefficient (Wildman–Crippen LogP) is 7.09. The number of aryl methyl sites for hydroxylation is 1. The number of hydrogen-bond donors (Lipinski definition) is 1. The largest absolute Gasteiger partial charge is 0.594 e. The second-order valence-electron chi connectivity index (χ2n) is 9.67. The van der Waals surface area contributed by atoms with E-state index in [-0.39, 0.29) is 17.7 Å². The van der Waals surface area contributed by atoms with Gasteiger partial charge in [0.15, 0.2) is 0 Å². The third-order valence-electron chi connectivity index (χ3n) is 7.22. The Morgan fingerprint density at radius 2 is 1.63 bits per heavy atom. The third-order valence-corrected chi connectivity index (χ3v) is 13.0. The van der Waals surface area contributed by atoms with Gasteiger partial charge >= 0.3 is 17.4 Å². The zero-order valence-corrected chi connectivity index (χ0v) is 26.6. The fraction of sp³-hybridized carbons (Fsp3) is 0.600. The second-order valence-corrected chi connectivity index (χ2v) is 16.0. The van der Waals surface area contributed by atoms with Crippen LogP contribution in [0.15, 0.2) is 60.8 Å². The number of rotatable bonds is 22. The Morgan fingerprint density at radius 1 is 0.921 bits per heavy atom. The zero-order chi connectivity index (χ0) is 28.3. The Labute approximate surface area is 234 Å². The highest BCUT2D eigenvalue weighted by atomic mass is 28.4. The van der Waals surface area contributed by atoms with Crippen LogP contribution in [0.3, 0.4) is 0 Å². The standard InChI is InChI=1S/C30H52O6Si2/c1-8-10-11-17-22-29(27(3)37(26-31,32-4)33-5)23-18-15-13-12-14-16-20-28-21-19-24-30(25-28)36-38(9-2,34-6)35-7/h9,11,17-19,21,23-25,27,29,31H,2,8,10,12-16,20,22,26H2,1,3-7H3/b17-11+,23-18+. The van der Waals surface area contributed by atoms with E-state index in [2.05, 4.69) is 56.9 Å². The average Bonchev–Trinajstić information content (AvgIpc) is 2.95. The van der Waals surface area contributed by atoms with Gasteiger partial charge in [-0.25, -0.2) is 0 Å². The SMILES string of the molecule is C=C[Si](OC)(OC)Oc1cccc(CCCCCC/C=C/C(C/C=C/CCC)C(C)[Si](CO)(OC)OC)c1. The smallest absolute Gasteiger partial charge is 0.498 e. The van der Waals surface area contributed by atoms with Crippen molar-refractivity contribution in [2.24, 2.45) is 5.92 Å². The van der Waals surface area contributed by atoms with E-state index >= 15 is 0 Å². The van der Waals surface area contributed by atoms with Gasteiger partial charge in [-0.15, -0.1) is 0 Å². The van der Waals surface area contributed by atoms with Crippen LogP contribution in [0.5, 0.6) is 5.75 Å². The molecule has 0 heterocycles. The molecule has 1 rings (SSSR count). The molecule has 38 heavy (non-hydrogen) atoms. The normalized spacial score (nSPS) is 14.3. The summed E-state index contributed by atoms with van der Waals surface area (Å²) in [7, 11) is 0.997. The molecule has 1 aromatic rings. The summed E-state index contributed by atoms with van der Waals surface area (Å²) in [5, 5.41) is 10.0. The molecule has 0 saturated heterocycles. The van der Waals surface area contributed by atoms with Crippen LogP contribution >= 0.6 is 0 Å². The van der Waals surface area contributed by atoms with Crippen molar-refractivity contribution in [3.63, 3.8) is 0 Å². The Bertz CT molecular complexity index is 812. The maximum absolute atomic E-state index is 10.0. The minimum absolute atomic E-state index is 0.0327. The summed E-state index contributed by atoms with van der Waals surface area (Å²) in [5.74, 6) is 1.04. The monoisotopic (exact) mass is 564 g/mol. The van der Waals surface area contributed by atoms with Crippen LogP contribution in [0.25, 0.3) is 0 Å². The third kappa shape index (κ3) is 11.3. The van der Waals surface area contributed by atoms with Crippen LogP contribution in [0.4, 0.5) is 0 Å². The van der Waals surface area contributed by atoms with Gasteiger partial charge in [0.2, 0.25) is 0 Å². The van der Waals surface area contributed by atoms with Crippen LogP contribution in [0.2, 0.25) is 5.54 Å². The summed E-state index contributed by atoms with van der Waals surface area (Å²) < 4.78 is 28.4. The topological polar surface area (TPSA) is 66.4 Å². The molecule has 0 fully saturated rings. The Hall–Kier alpha value is -1.53. The molecule has 0 amide bonds. The van der Waals surface area contributed by atoms with Crippen LogP contribution in [-0.4, -0.2) is 57.1 Å². The van der Waals surface area contributed by atoms with Gasteiger partial charge in [0.25, 0.3) is 0 Å². The Morgan fingerprint density at radius 3 is 2.24 bits per heavy atom. The second kappa shape index (κ2) is 19.5. The van der Waals surface area contributed by atoms with Gasteiger partial charge in [0.1, 0.15) is 5.75 Å². The van der Waals surface area contributed by atoms with E-state index in [0.29, 0.717) is 0 Å². The Kier molecular flexibility index (Phi) is 17.7. The van der Waals surface area contributed by atoms with Crippen molar-refractivity contribution < 1.29 is 27.2 Å². The average molecular weight is 565 g/mol. The highest BCUT2D eigenvalue weighted by molar-refractivity contribution is 6.68. The van der Waals surface area contributed by atoms with Gasteiger partial charge in [-0.2, -0.15) is 0 Å². The Balaban J connectivity index is 2.54. The molecular weight excluding hydrogens is 512 g/mol. The van der Waals surface area contributed by atoms with E-state index in [9.17, 15) is 5.11 Å². The maximum Gasteiger partial charge on any atom is 0.594 e. The molecule has 0 aliphatic rings. The molecule has 0 aliphatic carbocycles. The molecule has 0 bridgehead atoms. The van der Waals surface area contributed by atoms with Gasteiger partial charge in [0, 0.05) is 34.0 Å². The molecule has 216 valence electrons. The number of unbranched alkanes of at least 4 members (excludes halogenated alkanes) is 5. The zero-order valence-electron chi connectivity index (χ0n) is 24.6. The molecule has 1 N–H and O–H groups in total. The highest BCUT2D eigenvalue weighted by Gasteiger charge is 2.44. The molecule has 0 aliphatic heterocycles. The van der Waals surface area contributed by atoms with E-state index in [4.69, 9.17) is 22.1 Å². The van der Waals surface area contributed by atoms with Crippen molar-refractivity contribution >= 4 is 17.4 Å².